The van der Waals surface area contributed by atoms with Crippen LogP contribution in [0.15, 0.2) is 18.2 Å². The van der Waals surface area contributed by atoms with Crippen molar-refractivity contribution in [1.29, 1.82) is 0 Å². The van der Waals surface area contributed by atoms with Gasteiger partial charge in [-0.25, -0.2) is 4.79 Å². The third kappa shape index (κ3) is 2.45. The summed E-state index contributed by atoms with van der Waals surface area (Å²) in [4.78, 5) is 10.9. The van der Waals surface area contributed by atoms with Crippen LogP contribution in [0.3, 0.4) is 0 Å². The second-order valence-electron chi connectivity index (χ2n) is 4.19. The molecule has 0 aliphatic carbocycles. The van der Waals surface area contributed by atoms with Crippen molar-refractivity contribution >= 4 is 5.97 Å². The summed E-state index contributed by atoms with van der Waals surface area (Å²) in [6, 6.07) is 5.15. The number of carbonyl (C=O) groups is 1. The zero-order chi connectivity index (χ0) is 14.7. The fraction of sp³-hybridized carbons (Fsp3) is 0.286. The third-order valence-electron chi connectivity index (χ3n) is 3.07. The van der Waals surface area contributed by atoms with Crippen molar-refractivity contribution in [2.45, 2.75) is 13.3 Å². The predicted molar refractivity (Wildman–Crippen MR) is 73.5 cm³/mol. The summed E-state index contributed by atoms with van der Waals surface area (Å²) in [6.45, 7) is 2.02. The Balaban J connectivity index is 2.56. The Hall–Kier alpha value is -2.50. The number of ether oxygens (including phenoxy) is 2. The van der Waals surface area contributed by atoms with Gasteiger partial charge in [0.1, 0.15) is 17.2 Å². The molecule has 0 saturated carbocycles. The van der Waals surface area contributed by atoms with Crippen LogP contribution in [-0.2, 0) is 6.42 Å². The van der Waals surface area contributed by atoms with Gasteiger partial charge in [-0.3, -0.25) is 5.10 Å². The number of methoxy groups -OCH3 is 2. The average molecular weight is 276 g/mol. The van der Waals surface area contributed by atoms with Gasteiger partial charge in [-0.2, -0.15) is 5.10 Å². The Labute approximate surface area is 116 Å². The molecule has 2 N–H and O–H groups in total. The smallest absolute Gasteiger partial charge is 0.353 e. The molecule has 6 nitrogen and oxygen atoms in total. The molecule has 0 atom stereocenters. The number of rotatable bonds is 5. The first-order valence-electron chi connectivity index (χ1n) is 6.14. The lowest BCUT2D eigenvalue weighted by molar-refractivity contribution is 0.0690. The maximum atomic E-state index is 10.9. The van der Waals surface area contributed by atoms with Crippen molar-refractivity contribution < 1.29 is 19.4 Å². The lowest BCUT2D eigenvalue weighted by Gasteiger charge is -2.12. The van der Waals surface area contributed by atoms with Crippen molar-refractivity contribution in [3.8, 4) is 22.8 Å². The highest BCUT2D eigenvalue weighted by atomic mass is 16.5. The van der Waals surface area contributed by atoms with Crippen LogP contribution < -0.4 is 9.47 Å². The molecule has 0 aliphatic heterocycles. The number of carboxylic acids is 1. The van der Waals surface area contributed by atoms with Gasteiger partial charge in [0.2, 0.25) is 0 Å². The molecule has 1 heterocycles. The molecule has 0 unspecified atom stereocenters. The molecule has 0 saturated heterocycles. The quantitative estimate of drug-likeness (QED) is 0.875. The molecule has 6 heteroatoms. The minimum Gasteiger partial charge on any atom is -0.496 e. The maximum absolute atomic E-state index is 10.9. The van der Waals surface area contributed by atoms with Gasteiger partial charge in [-0.15, -0.1) is 0 Å². The van der Waals surface area contributed by atoms with Crippen LogP contribution in [0.5, 0.6) is 11.5 Å². The molecule has 2 rings (SSSR count). The normalized spacial score (nSPS) is 10.3. The van der Waals surface area contributed by atoms with E-state index >= 15 is 0 Å². The number of aromatic carboxylic acids is 1. The van der Waals surface area contributed by atoms with Crippen molar-refractivity contribution in [2.75, 3.05) is 14.2 Å². The molecule has 1 aromatic carbocycles. The van der Waals surface area contributed by atoms with Crippen LogP contribution in [0.25, 0.3) is 11.3 Å². The van der Waals surface area contributed by atoms with E-state index in [1.807, 2.05) is 13.0 Å². The Morgan fingerprint density at radius 1 is 1.25 bits per heavy atom. The van der Waals surface area contributed by atoms with Crippen LogP contribution >= 0.6 is 0 Å². The average Bonchev–Trinajstić information content (AvgIpc) is 2.95. The molecule has 0 aliphatic rings. The summed E-state index contributed by atoms with van der Waals surface area (Å²) in [5.41, 5.74) is 2.23. The first-order valence-corrected chi connectivity index (χ1v) is 6.14. The highest BCUT2D eigenvalue weighted by Crippen LogP contribution is 2.35. The molecule has 20 heavy (non-hydrogen) atoms. The monoisotopic (exact) mass is 276 g/mol. The van der Waals surface area contributed by atoms with E-state index in [1.165, 1.54) is 6.07 Å². The van der Waals surface area contributed by atoms with Crippen molar-refractivity contribution in [2.24, 2.45) is 0 Å². The zero-order valence-corrected chi connectivity index (χ0v) is 11.6. The van der Waals surface area contributed by atoms with E-state index in [2.05, 4.69) is 10.2 Å². The van der Waals surface area contributed by atoms with Gasteiger partial charge >= 0.3 is 5.97 Å². The van der Waals surface area contributed by atoms with E-state index < -0.39 is 5.97 Å². The molecular weight excluding hydrogens is 260 g/mol. The number of nitrogens with zero attached hydrogens (tertiary/aromatic N) is 1. The summed E-state index contributed by atoms with van der Waals surface area (Å²) in [5.74, 6) is 0.300. The maximum Gasteiger partial charge on any atom is 0.353 e. The van der Waals surface area contributed by atoms with Crippen LogP contribution in [0.1, 0.15) is 23.0 Å². The number of benzene rings is 1. The van der Waals surface area contributed by atoms with E-state index in [1.54, 1.807) is 20.3 Å². The summed E-state index contributed by atoms with van der Waals surface area (Å²) in [5, 5.41) is 15.4. The first-order chi connectivity index (χ1) is 9.60. The largest absolute Gasteiger partial charge is 0.496 e. The van der Waals surface area contributed by atoms with Gasteiger partial charge in [0.05, 0.1) is 19.9 Å². The molecular formula is C14H16N2O4. The van der Waals surface area contributed by atoms with Gasteiger partial charge in [-0.05, 0) is 30.2 Å². The van der Waals surface area contributed by atoms with Gasteiger partial charge in [0.15, 0.2) is 0 Å². The van der Waals surface area contributed by atoms with Gasteiger partial charge in [0.25, 0.3) is 0 Å². The third-order valence-corrected chi connectivity index (χ3v) is 3.07. The molecule has 0 amide bonds. The molecule has 106 valence electrons. The van der Waals surface area contributed by atoms with Crippen molar-refractivity contribution in [1.82, 2.24) is 10.2 Å². The van der Waals surface area contributed by atoms with Crippen molar-refractivity contribution in [3.63, 3.8) is 0 Å². The van der Waals surface area contributed by atoms with Gasteiger partial charge in [0, 0.05) is 5.56 Å². The van der Waals surface area contributed by atoms with Gasteiger partial charge < -0.3 is 14.6 Å². The number of H-pyrrole nitrogens is 1. The first kappa shape index (κ1) is 13.9. The second-order valence-corrected chi connectivity index (χ2v) is 4.19. The molecule has 0 spiro atoms. The number of aromatic nitrogens is 2. The number of hydrogen-bond donors (Lipinski definition) is 2. The zero-order valence-electron chi connectivity index (χ0n) is 11.6. The lowest BCUT2D eigenvalue weighted by Crippen LogP contribution is -1.96. The number of aromatic amines is 1. The van der Waals surface area contributed by atoms with E-state index in [-0.39, 0.29) is 5.69 Å². The summed E-state index contributed by atoms with van der Waals surface area (Å²) in [6.07, 6.45) is 0.806. The second kappa shape index (κ2) is 5.64. The fourth-order valence-electron chi connectivity index (χ4n) is 2.01. The SMILES string of the molecule is CCc1cc(OC)c(-c2cc(C(=O)O)[nH]n2)cc1OC. The standard InChI is InChI=1S/C14H16N2O4/c1-4-8-5-13(20-3)9(6-12(8)19-2)10-7-11(14(17)18)16-15-10/h5-7H,4H2,1-3H3,(H,15,16)(H,17,18). The predicted octanol–water partition coefficient (Wildman–Crippen LogP) is 2.35. The Morgan fingerprint density at radius 2 is 1.95 bits per heavy atom. The van der Waals surface area contributed by atoms with Crippen LogP contribution in [0.4, 0.5) is 0 Å². The summed E-state index contributed by atoms with van der Waals surface area (Å²) in [7, 11) is 3.16. The molecule has 0 fully saturated rings. The topological polar surface area (TPSA) is 84.4 Å². The van der Waals surface area contributed by atoms with E-state index in [4.69, 9.17) is 14.6 Å². The van der Waals surface area contributed by atoms with Gasteiger partial charge in [-0.1, -0.05) is 6.92 Å². The lowest BCUT2D eigenvalue weighted by atomic mass is 10.0. The number of aryl methyl sites for hydroxylation is 1. The highest BCUT2D eigenvalue weighted by molar-refractivity contribution is 5.87. The fourth-order valence-corrected chi connectivity index (χ4v) is 2.01. The van der Waals surface area contributed by atoms with Crippen LogP contribution in [-0.4, -0.2) is 35.5 Å². The minimum absolute atomic E-state index is 0.0283. The summed E-state index contributed by atoms with van der Waals surface area (Å²) >= 11 is 0. The summed E-state index contributed by atoms with van der Waals surface area (Å²) < 4.78 is 10.7. The number of carboxylic acid groups (broad SMARTS) is 1. The van der Waals surface area contributed by atoms with E-state index in [0.717, 1.165) is 17.7 Å². The molecule has 2 aromatic rings. The number of hydrogen-bond acceptors (Lipinski definition) is 4. The van der Waals surface area contributed by atoms with Crippen LogP contribution in [0.2, 0.25) is 0 Å². The molecule has 1 aromatic heterocycles. The molecule has 0 bridgehead atoms. The Bertz CT molecular complexity index is 634. The number of nitrogens with one attached hydrogen (secondary N) is 1. The molecule has 0 radical (unpaired) electrons. The Morgan fingerprint density at radius 3 is 2.45 bits per heavy atom. The Kier molecular flexibility index (Phi) is 3.93. The highest BCUT2D eigenvalue weighted by Gasteiger charge is 2.16. The van der Waals surface area contributed by atoms with E-state index in [9.17, 15) is 4.79 Å². The van der Waals surface area contributed by atoms with Crippen LogP contribution in [0, 0.1) is 0 Å². The van der Waals surface area contributed by atoms with Crippen molar-refractivity contribution in [3.05, 3.63) is 29.5 Å². The van der Waals surface area contributed by atoms with E-state index in [0.29, 0.717) is 17.0 Å². The minimum atomic E-state index is -1.06.